The summed E-state index contributed by atoms with van der Waals surface area (Å²) in [6.07, 6.45) is 5.77. The van der Waals surface area contributed by atoms with E-state index in [9.17, 15) is 0 Å². The van der Waals surface area contributed by atoms with Gasteiger partial charge in [0.15, 0.2) is 0 Å². The second-order valence-electron chi connectivity index (χ2n) is 4.91. The van der Waals surface area contributed by atoms with Gasteiger partial charge >= 0.3 is 0 Å². The van der Waals surface area contributed by atoms with Gasteiger partial charge in [0.25, 0.3) is 0 Å². The smallest absolute Gasteiger partial charge is 0.0533 e. The molecule has 2 aliphatic carbocycles. The highest BCUT2D eigenvalue weighted by Crippen LogP contribution is 2.55. The maximum Gasteiger partial charge on any atom is 0.0533 e. The van der Waals surface area contributed by atoms with Crippen molar-refractivity contribution in [2.24, 2.45) is 17.3 Å². The summed E-state index contributed by atoms with van der Waals surface area (Å²) in [5.41, 5.74) is 0.479. The lowest BCUT2D eigenvalue weighted by Gasteiger charge is -2.37. The largest absolute Gasteiger partial charge is 0.384 e. The Kier molecular flexibility index (Phi) is 2.61. The molecule has 0 radical (unpaired) electrons. The van der Waals surface area contributed by atoms with Crippen molar-refractivity contribution in [3.05, 3.63) is 0 Å². The molecule has 0 spiro atoms. The van der Waals surface area contributed by atoms with Gasteiger partial charge in [-0.2, -0.15) is 0 Å². The molecule has 0 heterocycles. The maximum atomic E-state index is 5.39. The summed E-state index contributed by atoms with van der Waals surface area (Å²) in [6.45, 7) is 2.09. The van der Waals surface area contributed by atoms with Crippen molar-refractivity contribution in [2.45, 2.75) is 25.7 Å². The zero-order valence-electron chi connectivity index (χ0n) is 8.81. The Morgan fingerprint density at radius 2 is 2.31 bits per heavy atom. The van der Waals surface area contributed by atoms with E-state index in [4.69, 9.17) is 4.74 Å². The van der Waals surface area contributed by atoms with E-state index in [0.717, 1.165) is 25.0 Å². The number of methoxy groups -OCH3 is 1. The molecule has 0 aromatic rings. The molecule has 0 aromatic heterocycles. The van der Waals surface area contributed by atoms with Crippen molar-refractivity contribution in [1.29, 1.82) is 0 Å². The fourth-order valence-corrected chi connectivity index (χ4v) is 3.64. The minimum absolute atomic E-state index is 0.479. The topological polar surface area (TPSA) is 21.3 Å². The molecule has 76 valence electrons. The Labute approximate surface area is 81.0 Å². The van der Waals surface area contributed by atoms with Crippen molar-refractivity contribution in [3.63, 3.8) is 0 Å². The lowest BCUT2D eigenvalue weighted by molar-refractivity contribution is 0.0361. The van der Waals surface area contributed by atoms with E-state index < -0.39 is 0 Å². The van der Waals surface area contributed by atoms with Gasteiger partial charge in [0.2, 0.25) is 0 Å². The van der Waals surface area contributed by atoms with Crippen LogP contribution in [0.5, 0.6) is 0 Å². The first kappa shape index (κ1) is 9.47. The fourth-order valence-electron chi connectivity index (χ4n) is 3.64. The van der Waals surface area contributed by atoms with Gasteiger partial charge in [0.05, 0.1) is 6.61 Å². The SMILES string of the molecule is CNCC1(COC)CC2CCC1C2. The van der Waals surface area contributed by atoms with E-state index in [1.54, 1.807) is 0 Å². The molecular weight excluding hydrogens is 162 g/mol. The van der Waals surface area contributed by atoms with Crippen LogP contribution in [0.25, 0.3) is 0 Å². The molecule has 2 fully saturated rings. The average molecular weight is 183 g/mol. The molecule has 0 amide bonds. The Bertz CT molecular complexity index is 175. The highest BCUT2D eigenvalue weighted by Gasteiger charge is 2.50. The quantitative estimate of drug-likeness (QED) is 0.715. The molecule has 2 saturated carbocycles. The summed E-state index contributed by atoms with van der Waals surface area (Å²) >= 11 is 0. The molecule has 3 atom stereocenters. The normalized spacial score (nSPS) is 42.9. The van der Waals surface area contributed by atoms with Crippen molar-refractivity contribution in [2.75, 3.05) is 27.3 Å². The summed E-state index contributed by atoms with van der Waals surface area (Å²) in [7, 11) is 3.90. The Hall–Kier alpha value is -0.0800. The zero-order chi connectivity index (χ0) is 9.31. The van der Waals surface area contributed by atoms with Gasteiger partial charge in [-0.1, -0.05) is 6.42 Å². The summed E-state index contributed by atoms with van der Waals surface area (Å²) in [5.74, 6) is 1.94. The van der Waals surface area contributed by atoms with Crippen LogP contribution in [0.15, 0.2) is 0 Å². The van der Waals surface area contributed by atoms with Crippen LogP contribution in [-0.2, 0) is 4.74 Å². The standard InChI is InChI=1S/C11H21NO/c1-12-7-11(8-13-2)6-9-3-4-10(11)5-9/h9-10,12H,3-8H2,1-2H3. The fraction of sp³-hybridized carbons (Fsp3) is 1.00. The number of rotatable bonds is 4. The molecule has 2 nitrogen and oxygen atoms in total. The van der Waals surface area contributed by atoms with Gasteiger partial charge in [0.1, 0.15) is 0 Å². The molecule has 2 bridgehead atoms. The van der Waals surface area contributed by atoms with Crippen molar-refractivity contribution >= 4 is 0 Å². The van der Waals surface area contributed by atoms with Crippen LogP contribution in [-0.4, -0.2) is 27.3 Å². The van der Waals surface area contributed by atoms with Gasteiger partial charge in [0, 0.05) is 19.1 Å². The van der Waals surface area contributed by atoms with E-state index in [0.29, 0.717) is 5.41 Å². The third kappa shape index (κ3) is 1.50. The van der Waals surface area contributed by atoms with Crippen molar-refractivity contribution < 1.29 is 4.74 Å². The van der Waals surface area contributed by atoms with Crippen LogP contribution in [0.1, 0.15) is 25.7 Å². The summed E-state index contributed by atoms with van der Waals surface area (Å²) in [6, 6.07) is 0. The number of ether oxygens (including phenoxy) is 1. The second kappa shape index (κ2) is 3.58. The molecule has 13 heavy (non-hydrogen) atoms. The summed E-state index contributed by atoms with van der Waals surface area (Å²) in [5, 5.41) is 3.34. The molecular formula is C11H21NO. The van der Waals surface area contributed by atoms with Gasteiger partial charge in [-0.15, -0.1) is 0 Å². The molecule has 0 aromatic carbocycles. The lowest BCUT2D eigenvalue weighted by atomic mass is 9.73. The third-order valence-corrected chi connectivity index (χ3v) is 4.06. The molecule has 0 saturated heterocycles. The average Bonchev–Trinajstić information content (AvgIpc) is 2.64. The van der Waals surface area contributed by atoms with Crippen LogP contribution in [0.4, 0.5) is 0 Å². The predicted octanol–water partition coefficient (Wildman–Crippen LogP) is 1.66. The molecule has 2 aliphatic rings. The number of nitrogens with one attached hydrogen (secondary N) is 1. The first-order valence-corrected chi connectivity index (χ1v) is 5.44. The predicted molar refractivity (Wildman–Crippen MR) is 53.7 cm³/mol. The van der Waals surface area contributed by atoms with Crippen LogP contribution >= 0.6 is 0 Å². The number of hydrogen-bond acceptors (Lipinski definition) is 2. The van der Waals surface area contributed by atoms with E-state index in [-0.39, 0.29) is 0 Å². The van der Waals surface area contributed by atoms with Crippen molar-refractivity contribution in [1.82, 2.24) is 5.32 Å². The monoisotopic (exact) mass is 183 g/mol. The van der Waals surface area contributed by atoms with E-state index >= 15 is 0 Å². The van der Waals surface area contributed by atoms with Crippen LogP contribution in [0, 0.1) is 17.3 Å². The van der Waals surface area contributed by atoms with Crippen LogP contribution in [0.3, 0.4) is 0 Å². The zero-order valence-corrected chi connectivity index (χ0v) is 8.81. The maximum absolute atomic E-state index is 5.39. The molecule has 1 N–H and O–H groups in total. The van der Waals surface area contributed by atoms with E-state index in [2.05, 4.69) is 12.4 Å². The van der Waals surface area contributed by atoms with Crippen LogP contribution < -0.4 is 5.32 Å². The molecule has 2 rings (SSSR count). The summed E-state index contributed by atoms with van der Waals surface area (Å²) < 4.78 is 5.39. The minimum atomic E-state index is 0.479. The molecule has 3 unspecified atom stereocenters. The first-order valence-electron chi connectivity index (χ1n) is 5.44. The number of hydrogen-bond donors (Lipinski definition) is 1. The second-order valence-corrected chi connectivity index (χ2v) is 4.91. The third-order valence-electron chi connectivity index (χ3n) is 4.06. The summed E-state index contributed by atoms with van der Waals surface area (Å²) in [4.78, 5) is 0. The number of fused-ring (bicyclic) bond motifs is 2. The Balaban J connectivity index is 2.05. The highest BCUT2D eigenvalue weighted by atomic mass is 16.5. The van der Waals surface area contributed by atoms with Crippen LogP contribution in [0.2, 0.25) is 0 Å². The Morgan fingerprint density at radius 3 is 2.77 bits per heavy atom. The van der Waals surface area contributed by atoms with E-state index in [1.807, 2.05) is 7.11 Å². The minimum Gasteiger partial charge on any atom is -0.384 e. The van der Waals surface area contributed by atoms with Gasteiger partial charge in [-0.3, -0.25) is 0 Å². The van der Waals surface area contributed by atoms with Gasteiger partial charge < -0.3 is 10.1 Å². The molecule has 2 heteroatoms. The first-order chi connectivity index (χ1) is 6.30. The highest BCUT2D eigenvalue weighted by molar-refractivity contribution is 5.01. The van der Waals surface area contributed by atoms with Crippen molar-refractivity contribution in [3.8, 4) is 0 Å². The van der Waals surface area contributed by atoms with E-state index in [1.165, 1.54) is 25.7 Å². The van der Waals surface area contributed by atoms with Gasteiger partial charge in [-0.25, -0.2) is 0 Å². The van der Waals surface area contributed by atoms with Gasteiger partial charge in [-0.05, 0) is 38.1 Å². The lowest BCUT2D eigenvalue weighted by Crippen LogP contribution is -2.41. The molecule has 0 aliphatic heterocycles. The Morgan fingerprint density at radius 1 is 1.46 bits per heavy atom.